The minimum atomic E-state index is -0.0501. The van der Waals surface area contributed by atoms with Crippen LogP contribution in [0.3, 0.4) is 0 Å². The summed E-state index contributed by atoms with van der Waals surface area (Å²) in [5, 5.41) is 15.8. The van der Waals surface area contributed by atoms with Gasteiger partial charge in [0.1, 0.15) is 0 Å². The number of hydrogen-bond acceptors (Lipinski definition) is 3. The average Bonchev–Trinajstić information content (AvgIpc) is 2.50. The first-order valence-corrected chi connectivity index (χ1v) is 8.15. The molecule has 0 spiro atoms. The van der Waals surface area contributed by atoms with Crippen LogP contribution in [0.2, 0.25) is 5.02 Å². The van der Waals surface area contributed by atoms with E-state index in [2.05, 4.69) is 16.7 Å². The number of nitrogens with zero attached hydrogens (tertiary/aromatic N) is 1. The van der Waals surface area contributed by atoms with Gasteiger partial charge in [-0.1, -0.05) is 24.1 Å². The van der Waals surface area contributed by atoms with Crippen molar-refractivity contribution in [2.24, 2.45) is 5.92 Å². The van der Waals surface area contributed by atoms with E-state index in [4.69, 9.17) is 16.9 Å². The van der Waals surface area contributed by atoms with Crippen LogP contribution >= 0.6 is 11.6 Å². The van der Waals surface area contributed by atoms with E-state index in [1.54, 1.807) is 0 Å². The molecule has 0 heterocycles. The van der Waals surface area contributed by atoms with E-state index < -0.39 is 0 Å². The summed E-state index contributed by atoms with van der Waals surface area (Å²) in [6, 6.07) is 8.27. The fraction of sp³-hybridized carbons (Fsp3) is 0.529. The van der Waals surface area contributed by atoms with Crippen LogP contribution in [0.4, 0.5) is 5.69 Å². The van der Waals surface area contributed by atoms with Gasteiger partial charge in [0.15, 0.2) is 0 Å². The van der Waals surface area contributed by atoms with Crippen LogP contribution in [0.25, 0.3) is 0 Å². The molecule has 22 heavy (non-hydrogen) atoms. The van der Waals surface area contributed by atoms with Crippen LogP contribution in [0.1, 0.15) is 37.7 Å². The van der Waals surface area contributed by atoms with Gasteiger partial charge in [-0.15, -0.1) is 0 Å². The number of nitriles is 1. The fourth-order valence-electron chi connectivity index (χ4n) is 2.82. The van der Waals surface area contributed by atoms with Gasteiger partial charge in [0, 0.05) is 24.9 Å². The average molecular weight is 320 g/mol. The van der Waals surface area contributed by atoms with Gasteiger partial charge in [0.2, 0.25) is 5.91 Å². The first kappa shape index (κ1) is 16.8. The summed E-state index contributed by atoms with van der Waals surface area (Å²) < 4.78 is 0. The molecule has 2 rings (SSSR count). The third kappa shape index (κ3) is 5.01. The summed E-state index contributed by atoms with van der Waals surface area (Å²) in [6.07, 6.45) is 4.46. The van der Waals surface area contributed by atoms with E-state index in [0.29, 0.717) is 29.7 Å². The molecule has 5 heteroatoms. The lowest BCUT2D eigenvalue weighted by molar-refractivity contribution is -0.116. The molecule has 0 aliphatic heterocycles. The second kappa shape index (κ2) is 8.17. The number of carbonyl (C=O) groups is 1. The molecule has 1 aliphatic rings. The first-order valence-electron chi connectivity index (χ1n) is 7.77. The van der Waals surface area contributed by atoms with Crippen LogP contribution in [0.15, 0.2) is 18.2 Å². The number of aryl methyl sites for hydroxylation is 1. The van der Waals surface area contributed by atoms with Gasteiger partial charge >= 0.3 is 0 Å². The second-order valence-electron chi connectivity index (χ2n) is 5.93. The highest BCUT2D eigenvalue weighted by Crippen LogP contribution is 2.24. The molecule has 1 fully saturated rings. The van der Waals surface area contributed by atoms with Gasteiger partial charge in [0.05, 0.1) is 16.8 Å². The molecule has 1 aromatic carbocycles. The predicted octanol–water partition coefficient (Wildman–Crippen LogP) is 3.65. The summed E-state index contributed by atoms with van der Waals surface area (Å²) in [5.41, 5.74) is 1.72. The van der Waals surface area contributed by atoms with Crippen molar-refractivity contribution in [1.29, 1.82) is 5.26 Å². The molecule has 0 saturated heterocycles. The van der Waals surface area contributed by atoms with Crippen molar-refractivity contribution >= 4 is 23.2 Å². The van der Waals surface area contributed by atoms with Crippen molar-refractivity contribution in [2.45, 2.75) is 45.1 Å². The van der Waals surface area contributed by atoms with Crippen LogP contribution in [0, 0.1) is 24.2 Å². The van der Waals surface area contributed by atoms with Crippen molar-refractivity contribution in [1.82, 2.24) is 5.32 Å². The molecular weight excluding hydrogens is 298 g/mol. The normalized spacial score (nSPS) is 21.1. The van der Waals surface area contributed by atoms with Crippen LogP contribution in [-0.4, -0.2) is 18.5 Å². The van der Waals surface area contributed by atoms with E-state index >= 15 is 0 Å². The molecule has 2 atom stereocenters. The molecule has 0 bridgehead atoms. The maximum atomic E-state index is 11.9. The Morgan fingerprint density at radius 2 is 2.27 bits per heavy atom. The number of amides is 1. The SMILES string of the molecule is Cc1ccc(NC(=O)CCN[C@H]2CCC[C@H](C#N)C2)c(Cl)c1. The van der Waals surface area contributed by atoms with Crippen molar-refractivity contribution in [3.05, 3.63) is 28.8 Å². The lowest BCUT2D eigenvalue weighted by Crippen LogP contribution is -2.35. The number of halogens is 1. The van der Waals surface area contributed by atoms with Crippen LogP contribution < -0.4 is 10.6 Å². The molecule has 4 nitrogen and oxygen atoms in total. The molecule has 1 saturated carbocycles. The monoisotopic (exact) mass is 319 g/mol. The minimum absolute atomic E-state index is 0.0501. The van der Waals surface area contributed by atoms with Gasteiger partial charge in [-0.3, -0.25) is 4.79 Å². The highest BCUT2D eigenvalue weighted by Gasteiger charge is 2.21. The van der Waals surface area contributed by atoms with Crippen molar-refractivity contribution in [3.8, 4) is 6.07 Å². The maximum absolute atomic E-state index is 11.9. The zero-order valence-corrected chi connectivity index (χ0v) is 13.6. The minimum Gasteiger partial charge on any atom is -0.325 e. The third-order valence-electron chi connectivity index (χ3n) is 4.04. The summed E-state index contributed by atoms with van der Waals surface area (Å²) in [4.78, 5) is 11.9. The highest BCUT2D eigenvalue weighted by molar-refractivity contribution is 6.33. The molecule has 0 unspecified atom stereocenters. The fourth-order valence-corrected chi connectivity index (χ4v) is 3.10. The van der Waals surface area contributed by atoms with Crippen molar-refractivity contribution in [3.63, 3.8) is 0 Å². The summed E-state index contributed by atoms with van der Waals surface area (Å²) in [5.74, 6) is 0.109. The molecular formula is C17H22ClN3O. The van der Waals surface area contributed by atoms with E-state index in [9.17, 15) is 4.79 Å². The van der Waals surface area contributed by atoms with Crippen molar-refractivity contribution in [2.75, 3.05) is 11.9 Å². The predicted molar refractivity (Wildman–Crippen MR) is 88.8 cm³/mol. The first-order chi connectivity index (χ1) is 10.6. The molecule has 1 aliphatic carbocycles. The number of hydrogen-bond donors (Lipinski definition) is 2. The molecule has 1 aromatic rings. The number of nitrogens with one attached hydrogen (secondary N) is 2. The standard InChI is InChI=1S/C17H22ClN3O/c1-12-5-6-16(15(18)9-12)21-17(22)7-8-20-14-4-2-3-13(10-14)11-19/h5-6,9,13-14,20H,2-4,7-8,10H2,1H3,(H,21,22)/t13-,14-/m0/s1. The van der Waals surface area contributed by atoms with Crippen molar-refractivity contribution < 1.29 is 4.79 Å². The number of carbonyl (C=O) groups excluding carboxylic acids is 1. The lowest BCUT2D eigenvalue weighted by atomic mass is 9.87. The van der Waals surface area contributed by atoms with Gasteiger partial charge in [-0.25, -0.2) is 0 Å². The van der Waals surface area contributed by atoms with Gasteiger partial charge in [0.25, 0.3) is 0 Å². The zero-order chi connectivity index (χ0) is 15.9. The summed E-state index contributed by atoms with van der Waals surface area (Å²) in [7, 11) is 0. The number of rotatable bonds is 5. The Morgan fingerprint density at radius 1 is 1.45 bits per heavy atom. The Balaban J connectivity index is 1.73. The van der Waals surface area contributed by atoms with E-state index in [1.807, 2.05) is 25.1 Å². The van der Waals surface area contributed by atoms with Gasteiger partial charge in [-0.05, 0) is 43.9 Å². The maximum Gasteiger partial charge on any atom is 0.225 e. The van der Waals surface area contributed by atoms with Crippen LogP contribution in [0.5, 0.6) is 0 Å². The Bertz CT molecular complexity index is 568. The van der Waals surface area contributed by atoms with Crippen LogP contribution in [-0.2, 0) is 4.79 Å². The zero-order valence-electron chi connectivity index (χ0n) is 12.9. The molecule has 0 aromatic heterocycles. The number of benzene rings is 1. The Labute approximate surface area is 136 Å². The smallest absolute Gasteiger partial charge is 0.225 e. The quantitative estimate of drug-likeness (QED) is 0.870. The van der Waals surface area contributed by atoms with Gasteiger partial charge in [-0.2, -0.15) is 5.26 Å². The molecule has 0 radical (unpaired) electrons. The lowest BCUT2D eigenvalue weighted by Gasteiger charge is -2.26. The van der Waals surface area contributed by atoms with E-state index in [1.165, 1.54) is 0 Å². The Morgan fingerprint density at radius 3 is 3.00 bits per heavy atom. The molecule has 1 amide bonds. The molecule has 2 N–H and O–H groups in total. The Hall–Kier alpha value is -1.57. The Kier molecular flexibility index (Phi) is 6.23. The second-order valence-corrected chi connectivity index (χ2v) is 6.33. The number of anilines is 1. The summed E-state index contributed by atoms with van der Waals surface area (Å²) in [6.45, 7) is 2.58. The van der Waals surface area contributed by atoms with E-state index in [-0.39, 0.29) is 11.8 Å². The van der Waals surface area contributed by atoms with Gasteiger partial charge < -0.3 is 10.6 Å². The van der Waals surface area contributed by atoms with E-state index in [0.717, 1.165) is 31.2 Å². The summed E-state index contributed by atoms with van der Waals surface area (Å²) >= 11 is 6.10. The third-order valence-corrected chi connectivity index (χ3v) is 4.35. The largest absolute Gasteiger partial charge is 0.325 e. The molecule has 118 valence electrons. The highest BCUT2D eigenvalue weighted by atomic mass is 35.5. The topological polar surface area (TPSA) is 64.9 Å².